The van der Waals surface area contributed by atoms with Gasteiger partial charge in [0, 0.05) is 29.5 Å². The number of nitrogens with one attached hydrogen (secondary N) is 1. The Kier molecular flexibility index (Phi) is 3.33. The number of fused-ring (bicyclic) bond motifs is 1. The summed E-state index contributed by atoms with van der Waals surface area (Å²) in [5.41, 5.74) is 2.34. The van der Waals surface area contributed by atoms with Crippen molar-refractivity contribution < 1.29 is 9.21 Å². The van der Waals surface area contributed by atoms with Gasteiger partial charge in [0.05, 0.1) is 5.52 Å². The van der Waals surface area contributed by atoms with Crippen LogP contribution in [0.1, 0.15) is 5.56 Å². The van der Waals surface area contributed by atoms with Crippen molar-refractivity contribution in [3.05, 3.63) is 34.3 Å². The number of aryl methyl sites for hydroxylation is 1. The summed E-state index contributed by atoms with van der Waals surface area (Å²) in [6.07, 6.45) is 0.686. The van der Waals surface area contributed by atoms with Crippen molar-refractivity contribution in [2.24, 2.45) is 7.05 Å². The average molecular weight is 299 g/mol. The molecule has 1 aromatic carbocycles. The Morgan fingerprint density at radius 3 is 3.00 bits per heavy atom. The molecule has 0 aliphatic rings. The van der Waals surface area contributed by atoms with Crippen LogP contribution < -0.4 is 11.1 Å². The molecule has 5 nitrogen and oxygen atoms in total. The number of hydrogen-bond acceptors (Lipinski definition) is 3. The van der Waals surface area contributed by atoms with Crippen LogP contribution in [-0.4, -0.2) is 15.9 Å². The van der Waals surface area contributed by atoms with E-state index < -0.39 is 0 Å². The fraction of sp³-hybridized carbons (Fsp3) is 0.273. The second-order valence-electron chi connectivity index (χ2n) is 3.68. The molecular formula is C11H11BrN2O3. The van der Waals surface area contributed by atoms with E-state index in [9.17, 15) is 9.59 Å². The standard InChI is InChI=1S/C11H11BrN2O3/c1-14-8-3-2-7(4-5-13-10(12)15)6-9(8)17-11(14)16/h2-3,6H,4-5H2,1H3,(H,13,15). The van der Waals surface area contributed by atoms with Crippen LogP contribution in [0, 0.1) is 0 Å². The number of carbonyl (C=O) groups is 1. The highest BCUT2D eigenvalue weighted by molar-refractivity contribution is 9.18. The van der Waals surface area contributed by atoms with Gasteiger partial charge in [-0.15, -0.1) is 0 Å². The second-order valence-corrected chi connectivity index (χ2v) is 4.40. The average Bonchev–Trinajstić information content (AvgIpc) is 2.54. The van der Waals surface area contributed by atoms with Gasteiger partial charge in [-0.25, -0.2) is 4.79 Å². The topological polar surface area (TPSA) is 64.2 Å². The number of nitrogens with zero attached hydrogens (tertiary/aromatic N) is 1. The summed E-state index contributed by atoms with van der Waals surface area (Å²) in [5, 5.41) is 2.64. The number of hydrogen-bond donors (Lipinski definition) is 1. The van der Waals surface area contributed by atoms with E-state index in [0.717, 1.165) is 11.1 Å². The lowest BCUT2D eigenvalue weighted by Crippen LogP contribution is -2.18. The molecule has 0 fully saturated rings. The number of amides is 1. The summed E-state index contributed by atoms with van der Waals surface area (Å²) in [5.74, 6) is -0.370. The fourth-order valence-corrected chi connectivity index (χ4v) is 1.84. The molecule has 1 N–H and O–H groups in total. The number of halogens is 1. The number of oxazole rings is 1. The molecule has 0 saturated heterocycles. The monoisotopic (exact) mass is 298 g/mol. The van der Waals surface area contributed by atoms with E-state index in [1.165, 1.54) is 4.57 Å². The zero-order valence-corrected chi connectivity index (χ0v) is 10.8. The maximum Gasteiger partial charge on any atom is 0.419 e. The van der Waals surface area contributed by atoms with Crippen LogP contribution in [0.3, 0.4) is 0 Å². The van der Waals surface area contributed by atoms with Crippen LogP contribution in [0.5, 0.6) is 0 Å². The molecule has 6 heteroatoms. The molecule has 90 valence electrons. The van der Waals surface area contributed by atoms with Gasteiger partial charge in [0.2, 0.25) is 0 Å². The largest absolute Gasteiger partial charge is 0.419 e. The molecule has 0 atom stereocenters. The van der Waals surface area contributed by atoms with Crippen LogP contribution in [0.4, 0.5) is 4.79 Å². The maximum atomic E-state index is 11.3. The number of carbonyl (C=O) groups excluding carboxylic acids is 1. The predicted octanol–water partition coefficient (Wildman–Crippen LogP) is 1.78. The van der Waals surface area contributed by atoms with Crippen LogP contribution in [0.25, 0.3) is 11.1 Å². The Hall–Kier alpha value is -1.56. The van der Waals surface area contributed by atoms with Crippen molar-refractivity contribution in [2.45, 2.75) is 6.42 Å². The highest BCUT2D eigenvalue weighted by Crippen LogP contribution is 2.14. The Labute approximate surface area is 106 Å². The van der Waals surface area contributed by atoms with Crippen molar-refractivity contribution >= 4 is 31.8 Å². The van der Waals surface area contributed by atoms with Gasteiger partial charge in [0.15, 0.2) is 5.58 Å². The third-order valence-corrected chi connectivity index (χ3v) is 2.81. The van der Waals surface area contributed by atoms with Crippen molar-refractivity contribution in [1.82, 2.24) is 9.88 Å². The molecule has 1 aromatic heterocycles. The van der Waals surface area contributed by atoms with Crippen molar-refractivity contribution in [3.63, 3.8) is 0 Å². The van der Waals surface area contributed by atoms with E-state index >= 15 is 0 Å². The Balaban J connectivity index is 2.20. The molecule has 0 aliphatic heterocycles. The van der Waals surface area contributed by atoms with E-state index in [0.29, 0.717) is 18.5 Å². The SMILES string of the molecule is Cn1c(=O)oc2cc(CCNC(=O)Br)ccc21. The number of aromatic nitrogens is 1. The molecular weight excluding hydrogens is 288 g/mol. The molecule has 0 saturated carbocycles. The molecule has 1 amide bonds. The van der Waals surface area contributed by atoms with Crippen LogP contribution in [0.2, 0.25) is 0 Å². The summed E-state index contributed by atoms with van der Waals surface area (Å²) >= 11 is 2.79. The molecule has 2 aromatic rings. The van der Waals surface area contributed by atoms with Crippen molar-refractivity contribution in [2.75, 3.05) is 6.54 Å². The van der Waals surface area contributed by atoms with Gasteiger partial charge >= 0.3 is 5.76 Å². The zero-order chi connectivity index (χ0) is 12.4. The Morgan fingerprint density at radius 1 is 1.53 bits per heavy atom. The molecule has 2 rings (SSSR count). The molecule has 0 spiro atoms. The lowest BCUT2D eigenvalue weighted by atomic mass is 10.1. The lowest BCUT2D eigenvalue weighted by Gasteiger charge is -2.01. The molecule has 17 heavy (non-hydrogen) atoms. The highest BCUT2D eigenvalue weighted by atomic mass is 79.9. The van der Waals surface area contributed by atoms with Gasteiger partial charge in [-0.2, -0.15) is 0 Å². The first-order valence-electron chi connectivity index (χ1n) is 5.10. The van der Waals surface area contributed by atoms with Crippen LogP contribution in [0.15, 0.2) is 27.4 Å². The summed E-state index contributed by atoms with van der Waals surface area (Å²) in [6.45, 7) is 0.534. The lowest BCUT2D eigenvalue weighted by molar-refractivity contribution is 0.262. The first-order chi connectivity index (χ1) is 8.08. The summed E-state index contributed by atoms with van der Waals surface area (Å²) in [4.78, 5) is 21.7. The van der Waals surface area contributed by atoms with E-state index in [4.69, 9.17) is 4.42 Å². The maximum absolute atomic E-state index is 11.3. The van der Waals surface area contributed by atoms with Gasteiger partial charge in [-0.1, -0.05) is 6.07 Å². The minimum absolute atomic E-state index is 0.232. The molecule has 0 bridgehead atoms. The van der Waals surface area contributed by atoms with E-state index in [1.54, 1.807) is 7.05 Å². The third kappa shape index (κ3) is 2.58. The second kappa shape index (κ2) is 4.75. The third-order valence-electron chi connectivity index (χ3n) is 2.53. The molecule has 0 radical (unpaired) electrons. The Morgan fingerprint density at radius 2 is 2.29 bits per heavy atom. The number of benzene rings is 1. The van der Waals surface area contributed by atoms with E-state index in [2.05, 4.69) is 21.2 Å². The first kappa shape index (κ1) is 11.9. The van der Waals surface area contributed by atoms with Crippen LogP contribution >= 0.6 is 15.9 Å². The van der Waals surface area contributed by atoms with Gasteiger partial charge in [0.25, 0.3) is 4.82 Å². The van der Waals surface area contributed by atoms with Crippen molar-refractivity contribution in [1.29, 1.82) is 0 Å². The Bertz CT molecular complexity index is 615. The van der Waals surface area contributed by atoms with E-state index in [-0.39, 0.29) is 10.6 Å². The zero-order valence-electron chi connectivity index (χ0n) is 9.20. The van der Waals surface area contributed by atoms with Gasteiger partial charge in [-0.05, 0) is 24.1 Å². The summed E-state index contributed by atoms with van der Waals surface area (Å²) in [6, 6.07) is 5.57. The number of rotatable bonds is 3. The van der Waals surface area contributed by atoms with Gasteiger partial charge in [0.1, 0.15) is 0 Å². The quantitative estimate of drug-likeness (QED) is 0.694. The van der Waals surface area contributed by atoms with Crippen molar-refractivity contribution in [3.8, 4) is 0 Å². The normalized spacial score (nSPS) is 10.7. The minimum atomic E-state index is -0.370. The van der Waals surface area contributed by atoms with E-state index in [1.807, 2.05) is 18.2 Å². The van der Waals surface area contributed by atoms with Crippen LogP contribution in [-0.2, 0) is 13.5 Å². The highest BCUT2D eigenvalue weighted by Gasteiger charge is 2.06. The minimum Gasteiger partial charge on any atom is -0.408 e. The van der Waals surface area contributed by atoms with Gasteiger partial charge in [-0.3, -0.25) is 9.36 Å². The summed E-state index contributed by atoms with van der Waals surface area (Å²) in [7, 11) is 1.67. The fourth-order valence-electron chi connectivity index (χ4n) is 1.64. The summed E-state index contributed by atoms with van der Waals surface area (Å²) < 4.78 is 6.54. The smallest absolute Gasteiger partial charge is 0.408 e. The van der Waals surface area contributed by atoms with Gasteiger partial charge < -0.3 is 9.73 Å². The first-order valence-corrected chi connectivity index (χ1v) is 5.89. The molecule has 1 heterocycles. The molecule has 0 aliphatic carbocycles. The predicted molar refractivity (Wildman–Crippen MR) is 67.5 cm³/mol. The molecule has 0 unspecified atom stereocenters.